The molecule has 1 aromatic heterocycles. The Hall–Kier alpha value is -3.16. The number of aliphatic carboxylic acids is 1. The molecule has 2 heterocycles. The predicted octanol–water partition coefficient (Wildman–Crippen LogP) is 11.5. The minimum absolute atomic E-state index is 0.0637. The van der Waals surface area contributed by atoms with Crippen molar-refractivity contribution in [2.24, 2.45) is 16.7 Å². The van der Waals surface area contributed by atoms with E-state index < -0.39 is 34.7 Å². The molecule has 0 bridgehead atoms. The summed E-state index contributed by atoms with van der Waals surface area (Å²) in [6.07, 6.45) is 22.8. The molecule has 1 saturated heterocycles. The molecule has 1 aliphatic rings. The van der Waals surface area contributed by atoms with Crippen molar-refractivity contribution >= 4 is 48.3 Å². The molecular formula is C44H72N4O7S2. The number of nitrogens with zero attached hydrogens (tertiary/aromatic N) is 1. The van der Waals surface area contributed by atoms with Crippen molar-refractivity contribution in [3.05, 3.63) is 45.4 Å². The van der Waals surface area contributed by atoms with Gasteiger partial charge in [0, 0.05) is 6.54 Å². The van der Waals surface area contributed by atoms with Crippen LogP contribution in [-0.2, 0) is 35.2 Å². The molecule has 4 atom stereocenters. The molecule has 0 aliphatic carbocycles. The van der Waals surface area contributed by atoms with Gasteiger partial charge in [-0.05, 0) is 69.5 Å². The number of anilines is 1. The molecular weight excluding hydrogens is 761 g/mol. The topological polar surface area (TPSA) is 159 Å². The number of carboxylic acid groups (broad SMARTS) is 1. The van der Waals surface area contributed by atoms with E-state index in [0.717, 1.165) is 18.5 Å². The number of ether oxygens (including phenoxy) is 3. The summed E-state index contributed by atoms with van der Waals surface area (Å²) in [5.74, 6) is -2.02. The first-order chi connectivity index (χ1) is 27.3. The highest BCUT2D eigenvalue weighted by atomic mass is 32.1. The summed E-state index contributed by atoms with van der Waals surface area (Å²) in [6.45, 7) is 10.8. The first-order valence-electron chi connectivity index (χ1n) is 21.5. The van der Waals surface area contributed by atoms with Crippen LogP contribution in [0.3, 0.4) is 0 Å². The van der Waals surface area contributed by atoms with Gasteiger partial charge in [-0.1, -0.05) is 147 Å². The molecule has 1 aliphatic heterocycles. The van der Waals surface area contributed by atoms with Crippen LogP contribution in [0.2, 0.25) is 0 Å². The number of rotatable bonds is 30. The van der Waals surface area contributed by atoms with E-state index in [-0.39, 0.29) is 32.2 Å². The van der Waals surface area contributed by atoms with E-state index >= 15 is 0 Å². The Morgan fingerprint density at radius 1 is 0.842 bits per heavy atom. The normalized spacial score (nSPS) is 15.9. The number of hydrogen-bond donors (Lipinski definition) is 4. The molecule has 13 heteroatoms. The van der Waals surface area contributed by atoms with Gasteiger partial charge in [0.15, 0.2) is 4.77 Å². The summed E-state index contributed by atoms with van der Waals surface area (Å²) in [7, 11) is 0. The van der Waals surface area contributed by atoms with E-state index in [1.807, 2.05) is 37.3 Å². The molecule has 2 aromatic rings. The minimum Gasteiger partial charge on any atom is -0.481 e. The summed E-state index contributed by atoms with van der Waals surface area (Å²) in [6, 6.07) is 9.35. The van der Waals surface area contributed by atoms with Gasteiger partial charge < -0.3 is 34.6 Å². The molecule has 4 unspecified atom stereocenters. The summed E-state index contributed by atoms with van der Waals surface area (Å²) >= 11 is 10.1. The van der Waals surface area contributed by atoms with Crippen LogP contribution >= 0.6 is 24.4 Å². The van der Waals surface area contributed by atoms with Gasteiger partial charge >= 0.3 is 17.9 Å². The van der Waals surface area contributed by atoms with E-state index in [2.05, 4.69) is 27.2 Å². The molecule has 57 heavy (non-hydrogen) atoms. The molecule has 322 valence electrons. The van der Waals surface area contributed by atoms with Gasteiger partial charge in [0.25, 0.3) is 0 Å². The number of carbonyl (C=O) groups is 3. The Balaban J connectivity index is 0.000000396. The fourth-order valence-corrected chi connectivity index (χ4v) is 7.41. The Morgan fingerprint density at radius 2 is 1.37 bits per heavy atom. The lowest BCUT2D eigenvalue weighted by atomic mass is 9.68. The van der Waals surface area contributed by atoms with Crippen molar-refractivity contribution in [1.82, 2.24) is 15.0 Å². The summed E-state index contributed by atoms with van der Waals surface area (Å²) in [5.41, 5.74) is -1.24. The van der Waals surface area contributed by atoms with Crippen molar-refractivity contribution in [1.29, 1.82) is 0 Å². The zero-order chi connectivity index (χ0) is 41.9. The second-order valence-corrected chi connectivity index (χ2v) is 17.1. The number of hydrogen-bond acceptors (Lipinski definition) is 10. The highest BCUT2D eigenvalue weighted by molar-refractivity contribution is 7.71. The zero-order valence-electron chi connectivity index (χ0n) is 35.5. The number of benzene rings is 1. The molecule has 11 nitrogen and oxygen atoms in total. The van der Waals surface area contributed by atoms with Crippen LogP contribution < -0.4 is 5.32 Å². The van der Waals surface area contributed by atoms with Crippen LogP contribution in [0.25, 0.3) is 0 Å². The highest BCUT2D eigenvalue weighted by Gasteiger charge is 2.47. The molecule has 3 rings (SSSR count). The van der Waals surface area contributed by atoms with Gasteiger partial charge in [0.1, 0.15) is 19.3 Å². The second-order valence-electron chi connectivity index (χ2n) is 16.3. The van der Waals surface area contributed by atoms with Crippen molar-refractivity contribution in [3.63, 3.8) is 0 Å². The second kappa shape index (κ2) is 28.3. The standard InChI is InChI=1S/C23H32O7.C21H40N4S2/c1-5-22(3,20(26)29-12-17-9-7-6-8-10-17)15-23(4,11-16(2)19(24)25)21(27)30-14-18-13-28-18;1-2-3-4-5-6-7-8-9-10-11-12-13-14-15-16-17-18-22-19-23-20(26)25-21(27)24-19/h6-10,16,18H,5,11-15H2,1-4H3,(H,24,25);2-18H2,1H3,(H3,22,23,24,25,26,27). The summed E-state index contributed by atoms with van der Waals surface area (Å²) < 4.78 is 17.0. The summed E-state index contributed by atoms with van der Waals surface area (Å²) in [4.78, 5) is 47.3. The quantitative estimate of drug-likeness (QED) is 0.0257. The maximum Gasteiger partial charge on any atom is 0.312 e. The van der Waals surface area contributed by atoms with Crippen molar-refractivity contribution in [2.75, 3.05) is 25.1 Å². The van der Waals surface area contributed by atoms with Crippen LogP contribution in [-0.4, -0.2) is 63.8 Å². The summed E-state index contributed by atoms with van der Waals surface area (Å²) in [5, 5.41) is 12.6. The Bertz CT molecular complexity index is 1520. The van der Waals surface area contributed by atoms with Gasteiger partial charge in [-0.2, -0.15) is 4.98 Å². The van der Waals surface area contributed by atoms with Crippen molar-refractivity contribution < 1.29 is 33.7 Å². The smallest absolute Gasteiger partial charge is 0.312 e. The van der Waals surface area contributed by atoms with Crippen LogP contribution in [0.15, 0.2) is 30.3 Å². The number of aromatic amines is 2. The van der Waals surface area contributed by atoms with Crippen LogP contribution in [0.5, 0.6) is 0 Å². The van der Waals surface area contributed by atoms with E-state index in [1.165, 1.54) is 96.3 Å². The monoisotopic (exact) mass is 832 g/mol. The van der Waals surface area contributed by atoms with E-state index in [0.29, 0.717) is 28.5 Å². The SMILES string of the molecule is CCC(C)(CC(C)(CC(C)C(=O)O)C(=O)OCC1CO1)C(=O)OCc1ccccc1.CCCCCCCCCCCCCCCCCCNc1nc(=S)[nH]c(=S)[nH]1. The maximum absolute atomic E-state index is 13.0. The molecule has 0 radical (unpaired) electrons. The number of aromatic nitrogens is 3. The molecule has 1 fully saturated rings. The average molecular weight is 833 g/mol. The first-order valence-corrected chi connectivity index (χ1v) is 22.3. The van der Waals surface area contributed by atoms with Gasteiger partial charge in [-0.15, -0.1) is 0 Å². The molecule has 1 aromatic carbocycles. The van der Waals surface area contributed by atoms with E-state index in [4.69, 9.17) is 38.6 Å². The lowest BCUT2D eigenvalue weighted by Gasteiger charge is -2.37. The average Bonchev–Trinajstić information content (AvgIpc) is 4.02. The maximum atomic E-state index is 13.0. The zero-order valence-corrected chi connectivity index (χ0v) is 37.1. The highest BCUT2D eigenvalue weighted by Crippen LogP contribution is 2.43. The minimum atomic E-state index is -1.15. The van der Waals surface area contributed by atoms with Gasteiger partial charge in [0.2, 0.25) is 10.7 Å². The lowest BCUT2D eigenvalue weighted by Crippen LogP contribution is -2.42. The number of unbranched alkanes of at least 4 members (excludes halogenated alkanes) is 15. The number of esters is 2. The predicted molar refractivity (Wildman–Crippen MR) is 232 cm³/mol. The largest absolute Gasteiger partial charge is 0.481 e. The van der Waals surface area contributed by atoms with Crippen LogP contribution in [0, 0.1) is 26.3 Å². The van der Waals surface area contributed by atoms with Crippen molar-refractivity contribution in [3.8, 4) is 0 Å². The van der Waals surface area contributed by atoms with E-state index in [9.17, 15) is 19.5 Å². The third-order valence-corrected chi connectivity index (χ3v) is 11.1. The van der Waals surface area contributed by atoms with Crippen LogP contribution in [0.4, 0.5) is 5.95 Å². The van der Waals surface area contributed by atoms with Gasteiger partial charge in [0.05, 0.1) is 23.4 Å². The Morgan fingerprint density at radius 3 is 1.86 bits per heavy atom. The van der Waals surface area contributed by atoms with Crippen molar-refractivity contribution in [2.45, 2.75) is 169 Å². The molecule has 4 N–H and O–H groups in total. The number of carboxylic acids is 1. The first kappa shape index (κ1) is 50.0. The van der Waals surface area contributed by atoms with Gasteiger partial charge in [-0.3, -0.25) is 14.4 Å². The molecule has 0 saturated carbocycles. The number of nitrogens with one attached hydrogen (secondary N) is 3. The third kappa shape index (κ3) is 22.0. The number of carbonyl (C=O) groups excluding carboxylic acids is 2. The van der Waals surface area contributed by atoms with Crippen LogP contribution in [0.1, 0.15) is 162 Å². The fourth-order valence-electron chi connectivity index (χ4n) is 6.95. The lowest BCUT2D eigenvalue weighted by molar-refractivity contribution is -0.166. The Kier molecular flexibility index (Phi) is 24.8. The van der Waals surface area contributed by atoms with E-state index in [1.54, 1.807) is 20.8 Å². The third-order valence-electron chi connectivity index (χ3n) is 10.7. The molecule has 0 spiro atoms. The number of H-pyrrole nitrogens is 2. The fraction of sp³-hybridized carbons (Fsp3) is 0.727. The Labute approximate surface area is 352 Å². The molecule has 0 amide bonds. The number of epoxide rings is 1. The van der Waals surface area contributed by atoms with Gasteiger partial charge in [-0.25, -0.2) is 0 Å².